The van der Waals surface area contributed by atoms with Crippen molar-refractivity contribution < 1.29 is 4.74 Å². The van der Waals surface area contributed by atoms with Crippen LogP contribution in [0.4, 0.5) is 5.69 Å². The van der Waals surface area contributed by atoms with Crippen LogP contribution < -0.4 is 10.2 Å². The van der Waals surface area contributed by atoms with Gasteiger partial charge in [0.05, 0.1) is 13.2 Å². The highest BCUT2D eigenvalue weighted by Gasteiger charge is 2.24. The Morgan fingerprint density at radius 1 is 1.27 bits per heavy atom. The molecule has 2 heterocycles. The number of rotatable bonds is 7. The van der Waals surface area contributed by atoms with Crippen LogP contribution in [-0.4, -0.2) is 56.8 Å². The summed E-state index contributed by atoms with van der Waals surface area (Å²) >= 11 is 0. The van der Waals surface area contributed by atoms with Crippen molar-refractivity contribution in [3.8, 4) is 0 Å². The molecule has 1 aromatic carbocycles. The molecule has 0 radical (unpaired) electrons. The smallest absolute Gasteiger partial charge is 0.194 e. The van der Waals surface area contributed by atoms with Gasteiger partial charge in [-0.3, -0.25) is 0 Å². The van der Waals surface area contributed by atoms with E-state index in [1.165, 1.54) is 17.7 Å². The largest absolute Gasteiger partial charge is 0.381 e. The van der Waals surface area contributed by atoms with Gasteiger partial charge in [-0.2, -0.15) is 0 Å². The number of hydrogen-bond donors (Lipinski definition) is 1. The summed E-state index contributed by atoms with van der Waals surface area (Å²) in [7, 11) is 0. The summed E-state index contributed by atoms with van der Waals surface area (Å²) in [6, 6.07) is 8.76. The van der Waals surface area contributed by atoms with Gasteiger partial charge in [0.1, 0.15) is 0 Å². The maximum Gasteiger partial charge on any atom is 0.194 e. The highest BCUT2D eigenvalue weighted by atomic mass is 16.5. The summed E-state index contributed by atoms with van der Waals surface area (Å²) in [6.07, 6.45) is 5.63. The van der Waals surface area contributed by atoms with Crippen molar-refractivity contribution in [1.29, 1.82) is 0 Å². The average molecular weight is 357 g/mol. The van der Waals surface area contributed by atoms with Crippen LogP contribution in [0.5, 0.6) is 0 Å². The van der Waals surface area contributed by atoms with Crippen molar-refractivity contribution in [2.45, 2.75) is 26.8 Å². The number of anilines is 1. The Bertz CT molecular complexity index is 620. The second-order valence-corrected chi connectivity index (χ2v) is 6.98. The molecule has 1 unspecified atom stereocenters. The summed E-state index contributed by atoms with van der Waals surface area (Å²) in [5.74, 6) is 1.64. The number of hydrogen-bond acceptors (Lipinski definition) is 3. The van der Waals surface area contributed by atoms with E-state index in [0.717, 1.165) is 51.9 Å². The van der Waals surface area contributed by atoms with E-state index in [1.54, 1.807) is 0 Å². The zero-order chi connectivity index (χ0) is 18.2. The van der Waals surface area contributed by atoms with Crippen molar-refractivity contribution >= 4 is 11.6 Å². The van der Waals surface area contributed by atoms with E-state index in [4.69, 9.17) is 9.73 Å². The predicted octanol–water partition coefficient (Wildman–Crippen LogP) is 2.89. The van der Waals surface area contributed by atoms with E-state index in [-0.39, 0.29) is 0 Å². The van der Waals surface area contributed by atoms with E-state index < -0.39 is 0 Å². The van der Waals surface area contributed by atoms with Gasteiger partial charge in [0.2, 0.25) is 0 Å². The van der Waals surface area contributed by atoms with Gasteiger partial charge in [-0.05, 0) is 38.0 Å². The first-order valence-electron chi connectivity index (χ1n) is 9.90. The van der Waals surface area contributed by atoms with Gasteiger partial charge in [0.25, 0.3) is 0 Å². The molecule has 1 atom stereocenters. The fourth-order valence-corrected chi connectivity index (χ4v) is 3.58. The molecule has 0 spiro atoms. The fourth-order valence-electron chi connectivity index (χ4n) is 3.58. The number of nitrogens with one attached hydrogen (secondary N) is 1. The maximum atomic E-state index is 5.60. The zero-order valence-corrected chi connectivity index (χ0v) is 16.2. The van der Waals surface area contributed by atoms with E-state index in [2.05, 4.69) is 65.4 Å². The number of aliphatic imine (C=N–C) groups is 1. The minimum atomic E-state index is 0.616. The van der Waals surface area contributed by atoms with Gasteiger partial charge in [0, 0.05) is 50.9 Å². The standard InChI is InChI=1S/C21H32N4O/c1-3-22-21(25-13-10-19(16-25)17-26-4-2)23-15-18-8-7-9-20(14-18)24-11-5-6-12-24/h5-9,14,19H,3-4,10-13,15-17H2,1-2H3,(H,22,23). The van der Waals surface area contributed by atoms with Crippen molar-refractivity contribution in [2.75, 3.05) is 50.8 Å². The molecule has 2 aliphatic rings. The Balaban J connectivity index is 1.61. The number of likely N-dealkylation sites (tertiary alicyclic amines) is 1. The minimum Gasteiger partial charge on any atom is -0.381 e. The highest BCUT2D eigenvalue weighted by molar-refractivity contribution is 5.80. The Labute approximate surface area is 157 Å². The van der Waals surface area contributed by atoms with E-state index >= 15 is 0 Å². The summed E-state index contributed by atoms with van der Waals surface area (Å²) in [5.41, 5.74) is 2.54. The average Bonchev–Trinajstić information content (AvgIpc) is 3.35. The van der Waals surface area contributed by atoms with Crippen LogP contribution in [0, 0.1) is 5.92 Å². The summed E-state index contributed by atoms with van der Waals surface area (Å²) in [5, 5.41) is 3.46. The molecule has 1 fully saturated rings. The molecule has 0 aromatic heterocycles. The Morgan fingerprint density at radius 2 is 2.12 bits per heavy atom. The third kappa shape index (κ3) is 5.01. The van der Waals surface area contributed by atoms with Crippen molar-refractivity contribution in [3.63, 3.8) is 0 Å². The molecule has 1 saturated heterocycles. The van der Waals surface area contributed by atoms with E-state index in [1.807, 2.05) is 0 Å². The van der Waals surface area contributed by atoms with Crippen LogP contribution >= 0.6 is 0 Å². The molecule has 1 aromatic rings. The second kappa shape index (κ2) is 9.62. The molecule has 142 valence electrons. The third-order valence-electron chi connectivity index (χ3n) is 4.98. The number of nitrogens with zero attached hydrogens (tertiary/aromatic N) is 3. The normalized spacial score (nSPS) is 20.2. The van der Waals surface area contributed by atoms with Gasteiger partial charge >= 0.3 is 0 Å². The molecule has 5 nitrogen and oxygen atoms in total. The predicted molar refractivity (Wildman–Crippen MR) is 109 cm³/mol. The van der Waals surface area contributed by atoms with Crippen molar-refractivity contribution in [3.05, 3.63) is 42.0 Å². The van der Waals surface area contributed by atoms with Crippen molar-refractivity contribution in [2.24, 2.45) is 10.9 Å². The highest BCUT2D eigenvalue weighted by Crippen LogP contribution is 2.20. The fraction of sp³-hybridized carbons (Fsp3) is 0.571. The SMILES string of the molecule is CCNC(=NCc1cccc(N2CC=CC2)c1)N1CCC(COCC)C1. The molecule has 1 N–H and O–H groups in total. The van der Waals surface area contributed by atoms with Crippen LogP contribution in [0.25, 0.3) is 0 Å². The molecule has 0 bridgehead atoms. The van der Waals surface area contributed by atoms with Crippen LogP contribution in [0.3, 0.4) is 0 Å². The summed E-state index contributed by atoms with van der Waals surface area (Å²) < 4.78 is 5.60. The van der Waals surface area contributed by atoms with Crippen LogP contribution in [0.1, 0.15) is 25.8 Å². The van der Waals surface area contributed by atoms with Crippen molar-refractivity contribution in [1.82, 2.24) is 10.2 Å². The van der Waals surface area contributed by atoms with Gasteiger partial charge < -0.3 is 19.9 Å². The lowest BCUT2D eigenvalue weighted by atomic mass is 10.1. The van der Waals surface area contributed by atoms with E-state index in [9.17, 15) is 0 Å². The lowest BCUT2D eigenvalue weighted by Crippen LogP contribution is -2.40. The third-order valence-corrected chi connectivity index (χ3v) is 4.98. The summed E-state index contributed by atoms with van der Waals surface area (Å²) in [6.45, 7) is 11.6. The molecule has 5 heteroatoms. The molecular weight excluding hydrogens is 324 g/mol. The van der Waals surface area contributed by atoms with Crippen LogP contribution in [-0.2, 0) is 11.3 Å². The Morgan fingerprint density at radius 3 is 2.88 bits per heavy atom. The quantitative estimate of drug-likeness (QED) is 0.463. The molecule has 2 aliphatic heterocycles. The maximum absolute atomic E-state index is 5.60. The van der Waals surface area contributed by atoms with Gasteiger partial charge in [-0.15, -0.1) is 0 Å². The minimum absolute atomic E-state index is 0.616. The summed E-state index contributed by atoms with van der Waals surface area (Å²) in [4.78, 5) is 9.65. The Hall–Kier alpha value is -2.01. The first kappa shape index (κ1) is 18.8. The Kier molecular flexibility index (Phi) is 6.95. The second-order valence-electron chi connectivity index (χ2n) is 6.98. The lowest BCUT2D eigenvalue weighted by Gasteiger charge is -2.22. The molecule has 0 amide bonds. The van der Waals surface area contributed by atoms with E-state index in [0.29, 0.717) is 12.5 Å². The number of benzene rings is 1. The molecule has 3 rings (SSSR count). The zero-order valence-electron chi connectivity index (χ0n) is 16.2. The van der Waals surface area contributed by atoms with Gasteiger partial charge in [-0.1, -0.05) is 24.3 Å². The monoisotopic (exact) mass is 356 g/mol. The molecule has 0 saturated carbocycles. The van der Waals surface area contributed by atoms with Crippen LogP contribution in [0.15, 0.2) is 41.4 Å². The topological polar surface area (TPSA) is 40.1 Å². The number of guanidine groups is 1. The first-order valence-corrected chi connectivity index (χ1v) is 9.90. The molecule has 0 aliphatic carbocycles. The number of ether oxygens (including phenoxy) is 1. The molecular formula is C21H32N4O. The molecule has 26 heavy (non-hydrogen) atoms. The first-order chi connectivity index (χ1) is 12.8. The van der Waals surface area contributed by atoms with Crippen LogP contribution in [0.2, 0.25) is 0 Å². The van der Waals surface area contributed by atoms with Gasteiger partial charge in [0.15, 0.2) is 5.96 Å². The van der Waals surface area contributed by atoms with Gasteiger partial charge in [-0.25, -0.2) is 4.99 Å². The lowest BCUT2D eigenvalue weighted by molar-refractivity contribution is 0.114.